The second-order valence-corrected chi connectivity index (χ2v) is 4.73. The molecule has 0 saturated carbocycles. The molecule has 0 aliphatic heterocycles. The van der Waals surface area contributed by atoms with E-state index in [1.807, 2.05) is 12.1 Å². The SMILES string of the molecule is N=C(N)c1cccc(OCc2cccc(Cl)c2Cl)c1. The minimum Gasteiger partial charge on any atom is -0.489 e. The van der Waals surface area contributed by atoms with Gasteiger partial charge in [0.2, 0.25) is 0 Å². The second kappa shape index (κ2) is 5.95. The maximum absolute atomic E-state index is 7.37. The van der Waals surface area contributed by atoms with Crippen LogP contribution >= 0.6 is 23.2 Å². The average molecular weight is 295 g/mol. The van der Waals surface area contributed by atoms with E-state index >= 15 is 0 Å². The van der Waals surface area contributed by atoms with E-state index in [1.165, 1.54) is 0 Å². The standard InChI is InChI=1S/C14H12Cl2N2O/c15-12-6-2-4-10(13(12)16)8-19-11-5-1-3-9(7-11)14(17)18/h1-7H,8H2,(H3,17,18). The molecule has 0 aromatic heterocycles. The lowest BCUT2D eigenvalue weighted by molar-refractivity contribution is 0.306. The zero-order chi connectivity index (χ0) is 13.8. The van der Waals surface area contributed by atoms with Crippen LogP contribution in [0.2, 0.25) is 10.0 Å². The summed E-state index contributed by atoms with van der Waals surface area (Å²) in [5.74, 6) is 0.634. The number of hydrogen-bond acceptors (Lipinski definition) is 2. The third-order valence-corrected chi connectivity index (χ3v) is 3.43. The van der Waals surface area contributed by atoms with Crippen LogP contribution in [0, 0.1) is 5.41 Å². The van der Waals surface area contributed by atoms with Crippen LogP contribution in [-0.4, -0.2) is 5.84 Å². The molecule has 2 aromatic carbocycles. The molecule has 3 N–H and O–H groups in total. The Bertz CT molecular complexity index is 614. The van der Waals surface area contributed by atoms with Crippen molar-refractivity contribution in [3.05, 3.63) is 63.6 Å². The molecule has 0 heterocycles. The van der Waals surface area contributed by atoms with Gasteiger partial charge in [-0.05, 0) is 18.2 Å². The van der Waals surface area contributed by atoms with E-state index in [4.69, 9.17) is 39.1 Å². The number of ether oxygens (including phenoxy) is 1. The number of amidine groups is 1. The summed E-state index contributed by atoms with van der Waals surface area (Å²) in [4.78, 5) is 0. The van der Waals surface area contributed by atoms with Crippen LogP contribution in [-0.2, 0) is 6.61 Å². The summed E-state index contributed by atoms with van der Waals surface area (Å²) in [6.45, 7) is 0.306. The highest BCUT2D eigenvalue weighted by atomic mass is 35.5. The average Bonchev–Trinajstić information content (AvgIpc) is 2.41. The zero-order valence-corrected chi connectivity index (χ0v) is 11.5. The van der Waals surface area contributed by atoms with Crippen LogP contribution in [0.15, 0.2) is 42.5 Å². The van der Waals surface area contributed by atoms with Crippen LogP contribution in [0.3, 0.4) is 0 Å². The first-order valence-electron chi connectivity index (χ1n) is 5.58. The summed E-state index contributed by atoms with van der Waals surface area (Å²) in [6.07, 6.45) is 0. The number of nitrogens with one attached hydrogen (secondary N) is 1. The summed E-state index contributed by atoms with van der Waals surface area (Å²) >= 11 is 12.0. The van der Waals surface area contributed by atoms with Crippen molar-refractivity contribution in [2.24, 2.45) is 5.73 Å². The minimum atomic E-state index is 0.00578. The van der Waals surface area contributed by atoms with E-state index < -0.39 is 0 Å². The fourth-order valence-electron chi connectivity index (χ4n) is 1.57. The van der Waals surface area contributed by atoms with Crippen LogP contribution < -0.4 is 10.5 Å². The molecule has 5 heteroatoms. The molecule has 2 rings (SSSR count). The van der Waals surface area contributed by atoms with Crippen molar-refractivity contribution < 1.29 is 4.74 Å². The third kappa shape index (κ3) is 3.40. The molecule has 0 fully saturated rings. The lowest BCUT2D eigenvalue weighted by Gasteiger charge is -2.09. The Morgan fingerprint density at radius 1 is 1.16 bits per heavy atom. The highest BCUT2D eigenvalue weighted by Gasteiger charge is 2.05. The first-order valence-corrected chi connectivity index (χ1v) is 6.33. The largest absolute Gasteiger partial charge is 0.489 e. The number of halogens is 2. The maximum Gasteiger partial charge on any atom is 0.122 e. The third-order valence-electron chi connectivity index (χ3n) is 2.57. The minimum absolute atomic E-state index is 0.00578. The predicted octanol–water partition coefficient (Wildman–Crippen LogP) is 3.86. The van der Waals surface area contributed by atoms with Gasteiger partial charge in [0.1, 0.15) is 18.2 Å². The molecular formula is C14H12Cl2N2O. The number of nitrogen functional groups attached to an aromatic ring is 1. The van der Waals surface area contributed by atoms with E-state index in [1.54, 1.807) is 30.3 Å². The van der Waals surface area contributed by atoms with Gasteiger partial charge in [-0.15, -0.1) is 0 Å². The smallest absolute Gasteiger partial charge is 0.122 e. The molecule has 3 nitrogen and oxygen atoms in total. The maximum atomic E-state index is 7.37. The summed E-state index contributed by atoms with van der Waals surface area (Å²) in [6, 6.07) is 12.4. The molecule has 0 radical (unpaired) electrons. The van der Waals surface area contributed by atoms with Crippen LogP contribution in [0.4, 0.5) is 0 Å². The van der Waals surface area contributed by atoms with Gasteiger partial charge in [-0.25, -0.2) is 0 Å². The van der Waals surface area contributed by atoms with Crippen molar-refractivity contribution in [2.75, 3.05) is 0 Å². The lowest BCUT2D eigenvalue weighted by Crippen LogP contribution is -2.10. The second-order valence-electron chi connectivity index (χ2n) is 3.94. The molecule has 98 valence electrons. The number of benzene rings is 2. The predicted molar refractivity (Wildman–Crippen MR) is 78.3 cm³/mol. The van der Waals surface area contributed by atoms with Crippen molar-refractivity contribution in [1.29, 1.82) is 5.41 Å². The van der Waals surface area contributed by atoms with Gasteiger partial charge < -0.3 is 10.5 Å². The Labute approximate surface area is 121 Å². The molecule has 0 bridgehead atoms. The summed E-state index contributed by atoms with van der Waals surface area (Å²) in [5, 5.41) is 8.37. The Hall–Kier alpha value is -1.71. The molecule has 0 spiro atoms. The van der Waals surface area contributed by atoms with Crippen molar-refractivity contribution in [3.8, 4) is 5.75 Å². The molecule has 0 aliphatic carbocycles. The van der Waals surface area contributed by atoms with Gasteiger partial charge in [0.15, 0.2) is 0 Å². The van der Waals surface area contributed by atoms with Gasteiger partial charge >= 0.3 is 0 Å². The molecule has 0 aliphatic rings. The van der Waals surface area contributed by atoms with Gasteiger partial charge in [-0.1, -0.05) is 47.5 Å². The van der Waals surface area contributed by atoms with E-state index in [9.17, 15) is 0 Å². The molecule has 0 amide bonds. The summed E-state index contributed by atoms with van der Waals surface area (Å²) in [5.41, 5.74) is 6.85. The lowest BCUT2D eigenvalue weighted by atomic mass is 10.2. The fraction of sp³-hybridized carbons (Fsp3) is 0.0714. The Balaban J connectivity index is 2.12. The van der Waals surface area contributed by atoms with Crippen molar-refractivity contribution in [3.63, 3.8) is 0 Å². The topological polar surface area (TPSA) is 59.1 Å². The summed E-state index contributed by atoms with van der Waals surface area (Å²) in [7, 11) is 0. The molecule has 2 aromatic rings. The van der Waals surface area contributed by atoms with E-state index in [-0.39, 0.29) is 5.84 Å². The number of nitrogens with two attached hydrogens (primary N) is 1. The van der Waals surface area contributed by atoms with Gasteiger partial charge in [-0.2, -0.15) is 0 Å². The van der Waals surface area contributed by atoms with E-state index in [2.05, 4.69) is 0 Å². The number of rotatable bonds is 4. The van der Waals surface area contributed by atoms with Gasteiger partial charge in [0.25, 0.3) is 0 Å². The highest BCUT2D eigenvalue weighted by Crippen LogP contribution is 2.26. The van der Waals surface area contributed by atoms with Crippen molar-refractivity contribution in [2.45, 2.75) is 6.61 Å². The van der Waals surface area contributed by atoms with Gasteiger partial charge in [-0.3, -0.25) is 5.41 Å². The van der Waals surface area contributed by atoms with Crippen molar-refractivity contribution >= 4 is 29.0 Å². The van der Waals surface area contributed by atoms with Gasteiger partial charge in [0.05, 0.1) is 10.0 Å². The molecule has 19 heavy (non-hydrogen) atoms. The van der Waals surface area contributed by atoms with Crippen molar-refractivity contribution in [1.82, 2.24) is 0 Å². The van der Waals surface area contributed by atoms with Gasteiger partial charge in [0, 0.05) is 11.1 Å². The van der Waals surface area contributed by atoms with Crippen LogP contribution in [0.25, 0.3) is 0 Å². The van der Waals surface area contributed by atoms with E-state index in [0.717, 1.165) is 5.56 Å². The Morgan fingerprint density at radius 3 is 2.63 bits per heavy atom. The van der Waals surface area contributed by atoms with Crippen LogP contribution in [0.1, 0.15) is 11.1 Å². The zero-order valence-electron chi connectivity index (χ0n) is 9.99. The molecular weight excluding hydrogens is 283 g/mol. The summed E-state index contributed by atoms with van der Waals surface area (Å²) < 4.78 is 5.62. The highest BCUT2D eigenvalue weighted by molar-refractivity contribution is 6.42. The molecule has 0 atom stereocenters. The van der Waals surface area contributed by atoms with E-state index in [0.29, 0.717) is 28.0 Å². The Kier molecular flexibility index (Phi) is 4.30. The fourth-order valence-corrected chi connectivity index (χ4v) is 1.95. The Morgan fingerprint density at radius 2 is 1.89 bits per heavy atom. The molecule has 0 unspecified atom stereocenters. The normalized spacial score (nSPS) is 10.2. The van der Waals surface area contributed by atoms with Crippen LogP contribution in [0.5, 0.6) is 5.75 Å². The quantitative estimate of drug-likeness (QED) is 0.664. The molecule has 0 saturated heterocycles. The first-order chi connectivity index (χ1) is 9.08. The number of hydrogen-bond donors (Lipinski definition) is 2. The monoisotopic (exact) mass is 294 g/mol. The first kappa shape index (κ1) is 13.7.